The molecule has 0 radical (unpaired) electrons. The molecule has 0 fully saturated rings. The van der Waals surface area contributed by atoms with Gasteiger partial charge in [-0.25, -0.2) is 19.9 Å². The summed E-state index contributed by atoms with van der Waals surface area (Å²) in [5.41, 5.74) is 3.25. The first-order valence-electron chi connectivity index (χ1n) is 9.25. The fourth-order valence-corrected chi connectivity index (χ4v) is 3.18. The molecule has 4 rings (SSSR count). The van der Waals surface area contributed by atoms with Crippen molar-refractivity contribution in [2.75, 3.05) is 13.7 Å². The van der Waals surface area contributed by atoms with Gasteiger partial charge in [-0.2, -0.15) is 0 Å². The molecule has 1 N–H and O–H groups in total. The Labute approximate surface area is 163 Å². The number of carbonyl (C=O) groups is 1. The van der Waals surface area contributed by atoms with Gasteiger partial charge in [-0.3, -0.25) is 4.79 Å². The smallest absolute Gasteiger partial charge is 0.272 e. The van der Waals surface area contributed by atoms with E-state index in [9.17, 15) is 4.79 Å². The molecule has 144 valence electrons. The van der Waals surface area contributed by atoms with Crippen LogP contribution in [-0.2, 0) is 13.0 Å². The normalized spacial score (nSPS) is 13.5. The molecule has 1 amide bonds. The van der Waals surface area contributed by atoms with Crippen molar-refractivity contribution in [3.05, 3.63) is 53.5 Å². The fourth-order valence-electron chi connectivity index (χ4n) is 3.18. The summed E-state index contributed by atoms with van der Waals surface area (Å²) < 4.78 is 5.10. The minimum atomic E-state index is -0.0859. The van der Waals surface area contributed by atoms with Gasteiger partial charge in [0.2, 0.25) is 5.88 Å². The lowest BCUT2D eigenvalue weighted by atomic mass is 10.1. The number of nitrogens with one attached hydrogen (secondary N) is 1. The molecule has 3 aromatic rings. The molecule has 0 saturated heterocycles. The Hall–Kier alpha value is -3.29. The minimum Gasteiger partial charge on any atom is -0.481 e. The van der Waals surface area contributed by atoms with E-state index in [1.165, 1.54) is 0 Å². The van der Waals surface area contributed by atoms with Gasteiger partial charge in [0.15, 0.2) is 0 Å². The number of aromatic amines is 1. The van der Waals surface area contributed by atoms with Crippen molar-refractivity contribution < 1.29 is 9.53 Å². The molecule has 0 spiro atoms. The molecule has 0 bridgehead atoms. The zero-order valence-corrected chi connectivity index (χ0v) is 16.1. The third-order valence-corrected chi connectivity index (χ3v) is 4.75. The Morgan fingerprint density at radius 3 is 2.79 bits per heavy atom. The van der Waals surface area contributed by atoms with Crippen LogP contribution in [0.2, 0.25) is 0 Å². The second-order valence-corrected chi connectivity index (χ2v) is 7.03. The first-order valence-corrected chi connectivity index (χ1v) is 9.25. The van der Waals surface area contributed by atoms with Gasteiger partial charge in [-0.15, -0.1) is 0 Å². The van der Waals surface area contributed by atoms with E-state index in [1.54, 1.807) is 36.5 Å². The Kier molecular flexibility index (Phi) is 4.77. The molecule has 0 aromatic carbocycles. The average Bonchev–Trinajstić information content (AvgIpc) is 3.16. The van der Waals surface area contributed by atoms with Gasteiger partial charge in [-0.1, -0.05) is 13.8 Å². The quantitative estimate of drug-likeness (QED) is 0.749. The molecular weight excluding hydrogens is 356 g/mol. The molecule has 1 aliphatic rings. The lowest BCUT2D eigenvalue weighted by Crippen LogP contribution is -2.36. The molecule has 4 heterocycles. The van der Waals surface area contributed by atoms with E-state index in [-0.39, 0.29) is 11.8 Å². The Morgan fingerprint density at radius 1 is 1.21 bits per heavy atom. The van der Waals surface area contributed by atoms with Crippen LogP contribution in [0.4, 0.5) is 0 Å². The zero-order chi connectivity index (χ0) is 19.7. The number of H-pyrrole nitrogens is 1. The second-order valence-electron chi connectivity index (χ2n) is 7.03. The molecule has 8 nitrogen and oxygen atoms in total. The maximum absolute atomic E-state index is 12.9. The summed E-state index contributed by atoms with van der Waals surface area (Å²) in [6, 6.07) is 5.38. The number of imidazole rings is 1. The van der Waals surface area contributed by atoms with Crippen LogP contribution in [0.1, 0.15) is 47.5 Å². The maximum atomic E-state index is 12.9. The number of pyridine rings is 1. The van der Waals surface area contributed by atoms with Crippen LogP contribution in [0, 0.1) is 0 Å². The van der Waals surface area contributed by atoms with Crippen LogP contribution >= 0.6 is 0 Å². The molecule has 0 unspecified atom stereocenters. The van der Waals surface area contributed by atoms with E-state index < -0.39 is 0 Å². The van der Waals surface area contributed by atoms with E-state index in [2.05, 4.69) is 24.9 Å². The largest absolute Gasteiger partial charge is 0.481 e. The van der Waals surface area contributed by atoms with Crippen molar-refractivity contribution in [1.82, 2.24) is 29.8 Å². The van der Waals surface area contributed by atoms with Crippen LogP contribution in [0.25, 0.3) is 11.4 Å². The van der Waals surface area contributed by atoms with Gasteiger partial charge in [0, 0.05) is 42.9 Å². The number of amides is 1. The third-order valence-electron chi connectivity index (χ3n) is 4.75. The monoisotopic (exact) mass is 378 g/mol. The number of rotatable bonds is 4. The van der Waals surface area contributed by atoms with Crippen LogP contribution in [0.3, 0.4) is 0 Å². The predicted octanol–water partition coefficient (Wildman–Crippen LogP) is 2.59. The highest BCUT2D eigenvalue weighted by Gasteiger charge is 2.26. The first-order chi connectivity index (χ1) is 13.5. The number of carbonyl (C=O) groups excluding carboxylic acids is 1. The summed E-state index contributed by atoms with van der Waals surface area (Å²) in [5.74, 6) is 2.08. The van der Waals surface area contributed by atoms with Crippen LogP contribution in [0.15, 0.2) is 30.6 Å². The van der Waals surface area contributed by atoms with Gasteiger partial charge in [0.25, 0.3) is 5.91 Å². The zero-order valence-electron chi connectivity index (χ0n) is 16.1. The van der Waals surface area contributed by atoms with Gasteiger partial charge < -0.3 is 14.6 Å². The average molecular weight is 378 g/mol. The van der Waals surface area contributed by atoms with E-state index in [1.807, 2.05) is 19.9 Å². The molecule has 0 aliphatic carbocycles. The van der Waals surface area contributed by atoms with Crippen molar-refractivity contribution in [2.45, 2.75) is 32.7 Å². The third kappa shape index (κ3) is 3.45. The Balaban J connectivity index is 1.54. The minimum absolute atomic E-state index is 0.0859. The highest BCUT2D eigenvalue weighted by atomic mass is 16.5. The molecule has 0 atom stereocenters. The molecule has 28 heavy (non-hydrogen) atoms. The van der Waals surface area contributed by atoms with Crippen LogP contribution in [-0.4, -0.2) is 49.4 Å². The highest BCUT2D eigenvalue weighted by Crippen LogP contribution is 2.24. The summed E-state index contributed by atoms with van der Waals surface area (Å²) in [4.78, 5) is 35.6. The number of aromatic nitrogens is 5. The molecule has 8 heteroatoms. The molecule has 1 aliphatic heterocycles. The van der Waals surface area contributed by atoms with Crippen molar-refractivity contribution in [3.8, 4) is 17.3 Å². The summed E-state index contributed by atoms with van der Waals surface area (Å²) in [5, 5.41) is 0. The predicted molar refractivity (Wildman–Crippen MR) is 103 cm³/mol. The van der Waals surface area contributed by atoms with Gasteiger partial charge in [-0.05, 0) is 12.1 Å². The maximum Gasteiger partial charge on any atom is 0.272 e. The summed E-state index contributed by atoms with van der Waals surface area (Å²) in [7, 11) is 1.58. The van der Waals surface area contributed by atoms with E-state index in [0.29, 0.717) is 36.9 Å². The summed E-state index contributed by atoms with van der Waals surface area (Å²) in [6.45, 7) is 5.11. The molecule has 3 aromatic heterocycles. The summed E-state index contributed by atoms with van der Waals surface area (Å²) >= 11 is 0. The lowest BCUT2D eigenvalue weighted by molar-refractivity contribution is 0.0725. The Morgan fingerprint density at radius 2 is 2.07 bits per heavy atom. The lowest BCUT2D eigenvalue weighted by Gasteiger charge is -2.26. The van der Waals surface area contributed by atoms with Crippen LogP contribution in [0.5, 0.6) is 5.88 Å². The van der Waals surface area contributed by atoms with Gasteiger partial charge >= 0.3 is 0 Å². The van der Waals surface area contributed by atoms with Crippen molar-refractivity contribution in [2.24, 2.45) is 0 Å². The second kappa shape index (κ2) is 7.38. The van der Waals surface area contributed by atoms with Gasteiger partial charge in [0.1, 0.15) is 17.3 Å². The standard InChI is InChI=1S/C20H22N6O2/c1-12(2)18-21-8-6-15(24-18)20(27)26-9-7-14-16(11-26)25-19(23-14)13-4-5-17(28-3)22-10-13/h4-6,8,10,12H,7,9,11H2,1-3H3,(H,23,25). The summed E-state index contributed by atoms with van der Waals surface area (Å²) in [6.07, 6.45) is 4.07. The molecular formula is C20H22N6O2. The number of fused-ring (bicyclic) bond motifs is 1. The van der Waals surface area contributed by atoms with E-state index >= 15 is 0 Å². The fraction of sp³-hybridized carbons (Fsp3) is 0.350. The number of hydrogen-bond acceptors (Lipinski definition) is 6. The van der Waals surface area contributed by atoms with Crippen LogP contribution < -0.4 is 4.74 Å². The van der Waals surface area contributed by atoms with Gasteiger partial charge in [0.05, 0.1) is 25.0 Å². The van der Waals surface area contributed by atoms with Crippen molar-refractivity contribution in [3.63, 3.8) is 0 Å². The number of nitrogens with zero attached hydrogens (tertiary/aromatic N) is 5. The van der Waals surface area contributed by atoms with E-state index in [4.69, 9.17) is 4.74 Å². The number of methoxy groups -OCH3 is 1. The van der Waals surface area contributed by atoms with E-state index in [0.717, 1.165) is 22.8 Å². The topological polar surface area (TPSA) is 96.9 Å². The highest BCUT2D eigenvalue weighted by molar-refractivity contribution is 5.92. The SMILES string of the molecule is COc1ccc(-c2nc3c([nH]2)CN(C(=O)c2ccnc(C(C)C)n2)CC3)cn1. The Bertz CT molecular complexity index is 996. The molecule has 0 saturated carbocycles. The van der Waals surface area contributed by atoms with Crippen molar-refractivity contribution >= 4 is 5.91 Å². The first kappa shape index (κ1) is 18.1. The number of ether oxygens (including phenoxy) is 1. The number of hydrogen-bond donors (Lipinski definition) is 1. The van der Waals surface area contributed by atoms with Crippen molar-refractivity contribution in [1.29, 1.82) is 0 Å².